The summed E-state index contributed by atoms with van der Waals surface area (Å²) >= 11 is 0. The quantitative estimate of drug-likeness (QED) is 0.744. The predicted molar refractivity (Wildman–Crippen MR) is 55.9 cm³/mol. The van der Waals surface area contributed by atoms with Gasteiger partial charge in [0.15, 0.2) is 0 Å². The first-order valence-electron chi connectivity index (χ1n) is 4.72. The van der Waals surface area contributed by atoms with E-state index in [0.717, 1.165) is 0 Å². The normalized spacial score (nSPS) is 8.40. The van der Waals surface area contributed by atoms with E-state index >= 15 is 0 Å². The van der Waals surface area contributed by atoms with Crippen LogP contribution in [-0.4, -0.2) is 41.1 Å². The summed E-state index contributed by atoms with van der Waals surface area (Å²) in [6, 6.07) is 0. The SMILES string of the molecule is CCO.CCO[SiH](OCC)OCC.[F].[Ru]. The van der Waals surface area contributed by atoms with E-state index in [4.69, 9.17) is 18.4 Å². The Labute approximate surface area is 106 Å². The molecule has 1 N–H and O–H groups in total. The number of halogens is 1. The van der Waals surface area contributed by atoms with Crippen molar-refractivity contribution in [3.63, 3.8) is 0 Å². The third-order valence-corrected chi connectivity index (χ3v) is 2.72. The van der Waals surface area contributed by atoms with Crippen molar-refractivity contribution >= 4 is 9.53 Å². The Morgan fingerprint density at radius 3 is 1.20 bits per heavy atom. The van der Waals surface area contributed by atoms with Crippen LogP contribution in [0.15, 0.2) is 0 Å². The molecular weight excluding hydrogens is 308 g/mol. The van der Waals surface area contributed by atoms with E-state index in [1.165, 1.54) is 0 Å². The largest absolute Gasteiger partial charge is 0.484 e. The molecule has 0 spiro atoms. The van der Waals surface area contributed by atoms with Gasteiger partial charge < -0.3 is 18.4 Å². The minimum absolute atomic E-state index is 0. The van der Waals surface area contributed by atoms with Crippen LogP contribution in [0.1, 0.15) is 27.7 Å². The van der Waals surface area contributed by atoms with Crippen LogP contribution in [0.5, 0.6) is 0 Å². The van der Waals surface area contributed by atoms with Crippen LogP contribution in [0.25, 0.3) is 0 Å². The number of rotatable bonds is 6. The molecular formula is C8H22FO4RuSi. The van der Waals surface area contributed by atoms with Crippen molar-refractivity contribution in [2.45, 2.75) is 27.7 Å². The fourth-order valence-corrected chi connectivity index (χ4v) is 1.66. The predicted octanol–water partition coefficient (Wildman–Crippen LogP) is 1.23. The van der Waals surface area contributed by atoms with Crippen LogP contribution in [0.2, 0.25) is 0 Å². The van der Waals surface area contributed by atoms with Crippen LogP contribution < -0.4 is 0 Å². The summed E-state index contributed by atoms with van der Waals surface area (Å²) in [7, 11) is -1.73. The Kier molecular flexibility index (Phi) is 39.6. The van der Waals surface area contributed by atoms with Gasteiger partial charge in [0.25, 0.3) is 0 Å². The van der Waals surface area contributed by atoms with Crippen molar-refractivity contribution in [1.29, 1.82) is 0 Å². The van der Waals surface area contributed by atoms with Gasteiger partial charge in [-0.05, 0) is 27.7 Å². The molecule has 4 nitrogen and oxygen atoms in total. The summed E-state index contributed by atoms with van der Waals surface area (Å²) in [5, 5.41) is 7.57. The zero-order valence-corrected chi connectivity index (χ0v) is 12.7. The molecule has 0 saturated heterocycles. The maximum absolute atomic E-state index is 7.57. The topological polar surface area (TPSA) is 47.9 Å². The van der Waals surface area contributed by atoms with Gasteiger partial charge in [0.1, 0.15) is 0 Å². The van der Waals surface area contributed by atoms with Gasteiger partial charge in [0, 0.05) is 50.6 Å². The molecule has 0 fully saturated rings. The van der Waals surface area contributed by atoms with E-state index in [1.807, 2.05) is 20.8 Å². The monoisotopic (exact) mass is 331 g/mol. The van der Waals surface area contributed by atoms with Gasteiger partial charge in [0.05, 0.1) is 0 Å². The van der Waals surface area contributed by atoms with Crippen LogP contribution >= 0.6 is 0 Å². The summed E-state index contributed by atoms with van der Waals surface area (Å²) in [4.78, 5) is 0. The molecule has 0 amide bonds. The first-order valence-corrected chi connectivity index (χ1v) is 6.13. The smallest absolute Gasteiger partial charge is 0.397 e. The van der Waals surface area contributed by atoms with E-state index < -0.39 is 9.53 Å². The van der Waals surface area contributed by atoms with Gasteiger partial charge in [-0.1, -0.05) is 0 Å². The minimum atomic E-state index is -1.73. The molecule has 0 bridgehead atoms. The molecule has 97 valence electrons. The van der Waals surface area contributed by atoms with Crippen molar-refractivity contribution in [3.05, 3.63) is 0 Å². The zero-order chi connectivity index (χ0) is 10.5. The summed E-state index contributed by atoms with van der Waals surface area (Å²) < 4.78 is 15.7. The number of aliphatic hydroxyl groups excluding tert-OH is 1. The van der Waals surface area contributed by atoms with Gasteiger partial charge in [-0.15, -0.1) is 0 Å². The molecule has 1 radical (unpaired) electrons. The van der Waals surface area contributed by atoms with Crippen LogP contribution in [0, 0.1) is 0 Å². The summed E-state index contributed by atoms with van der Waals surface area (Å²) in [5.74, 6) is 0. The molecule has 15 heavy (non-hydrogen) atoms. The second-order valence-electron chi connectivity index (χ2n) is 1.97. The summed E-state index contributed by atoms with van der Waals surface area (Å²) in [5.41, 5.74) is 0. The Bertz CT molecular complexity index is 78.8. The van der Waals surface area contributed by atoms with Crippen LogP contribution in [-0.2, 0) is 32.8 Å². The van der Waals surface area contributed by atoms with Gasteiger partial charge in [-0.25, -0.2) is 0 Å². The zero-order valence-electron chi connectivity index (χ0n) is 9.81. The average molecular weight is 330 g/mol. The molecule has 0 aromatic rings. The Hall–Kier alpha value is 0.610. The maximum Gasteiger partial charge on any atom is 0.484 e. The first-order chi connectivity index (χ1) is 6.26. The molecule has 0 aliphatic carbocycles. The first kappa shape index (κ1) is 24.7. The third kappa shape index (κ3) is 25.2. The van der Waals surface area contributed by atoms with Crippen molar-refractivity contribution in [1.82, 2.24) is 0 Å². The molecule has 0 aromatic heterocycles. The fourth-order valence-electron chi connectivity index (χ4n) is 0.553. The molecule has 0 rings (SSSR count). The van der Waals surface area contributed by atoms with E-state index in [2.05, 4.69) is 0 Å². The van der Waals surface area contributed by atoms with E-state index in [1.54, 1.807) is 6.92 Å². The second-order valence-corrected chi connectivity index (χ2v) is 3.55. The van der Waals surface area contributed by atoms with E-state index in [9.17, 15) is 0 Å². The van der Waals surface area contributed by atoms with E-state index in [0.29, 0.717) is 19.8 Å². The van der Waals surface area contributed by atoms with Gasteiger partial charge >= 0.3 is 9.53 Å². The van der Waals surface area contributed by atoms with Crippen molar-refractivity contribution in [2.75, 3.05) is 26.4 Å². The van der Waals surface area contributed by atoms with E-state index in [-0.39, 0.29) is 30.8 Å². The fraction of sp³-hybridized carbons (Fsp3) is 1.00. The number of hydrogen-bond donors (Lipinski definition) is 1. The Morgan fingerprint density at radius 1 is 0.867 bits per heavy atom. The van der Waals surface area contributed by atoms with Crippen LogP contribution in [0.3, 0.4) is 0 Å². The Morgan fingerprint density at radius 2 is 1.07 bits per heavy atom. The van der Waals surface area contributed by atoms with Crippen molar-refractivity contribution < 1.29 is 42.6 Å². The third-order valence-electron chi connectivity index (χ3n) is 0.908. The number of hydrogen-bond acceptors (Lipinski definition) is 4. The Balaban J connectivity index is -0.000000108. The molecule has 7 heteroatoms. The minimum Gasteiger partial charge on any atom is -0.397 e. The molecule has 0 unspecified atom stereocenters. The summed E-state index contributed by atoms with van der Waals surface area (Å²) in [6.07, 6.45) is 0. The molecule has 0 atom stereocenters. The molecule has 0 aliphatic heterocycles. The standard InChI is InChI=1S/C6H16O3Si.C2H6O.F.Ru/c1-4-7-10(8-5-2)9-6-3;1-2-3;;/h10H,4-6H2,1-3H3;3H,2H2,1H3;;. The molecule has 0 saturated carbocycles. The summed E-state index contributed by atoms with van der Waals surface area (Å²) in [6.45, 7) is 9.79. The van der Waals surface area contributed by atoms with Crippen molar-refractivity contribution in [3.8, 4) is 0 Å². The van der Waals surface area contributed by atoms with Gasteiger partial charge in [-0.3, -0.25) is 0 Å². The van der Waals surface area contributed by atoms with Gasteiger partial charge in [-0.2, -0.15) is 0 Å². The van der Waals surface area contributed by atoms with Gasteiger partial charge in [0.2, 0.25) is 0 Å². The maximum atomic E-state index is 7.57. The molecule has 0 aromatic carbocycles. The molecule has 0 aliphatic rings. The molecule has 0 heterocycles. The van der Waals surface area contributed by atoms with Crippen LogP contribution in [0.4, 0.5) is 4.70 Å². The number of aliphatic hydroxyl groups is 1. The second kappa shape index (κ2) is 24.0. The van der Waals surface area contributed by atoms with Crippen molar-refractivity contribution in [2.24, 2.45) is 0 Å². The average Bonchev–Trinajstić information content (AvgIpc) is 2.07.